The third-order valence-corrected chi connectivity index (χ3v) is 8.23. The molecule has 3 aromatic heterocycles. The monoisotopic (exact) mass is 622 g/mol. The Bertz CT molecular complexity index is 1480. The zero-order valence-electron chi connectivity index (χ0n) is 25.1. The maximum atomic E-state index is 13.6. The van der Waals surface area contributed by atoms with Gasteiger partial charge in [-0.05, 0) is 50.6 Å². The van der Waals surface area contributed by atoms with Crippen molar-refractivity contribution in [3.05, 3.63) is 34.7 Å². The number of alkyl halides is 3. The lowest BCUT2D eigenvalue weighted by atomic mass is 9.85. The third kappa shape index (κ3) is 6.85. The Morgan fingerprint density at radius 1 is 1.20 bits per heavy atom. The first-order chi connectivity index (χ1) is 20.9. The number of ether oxygens (including phenoxy) is 2. The predicted octanol–water partition coefficient (Wildman–Crippen LogP) is 3.11. The van der Waals surface area contributed by atoms with E-state index in [1.54, 1.807) is 6.92 Å². The Hall–Kier alpha value is -3.66. The molecule has 44 heavy (non-hydrogen) atoms. The van der Waals surface area contributed by atoms with Crippen LogP contribution in [0.4, 0.5) is 13.2 Å². The van der Waals surface area contributed by atoms with Gasteiger partial charge in [0.1, 0.15) is 5.69 Å². The van der Waals surface area contributed by atoms with Crippen molar-refractivity contribution in [1.82, 2.24) is 40.5 Å². The molecule has 240 valence electrons. The van der Waals surface area contributed by atoms with Crippen LogP contribution in [0.15, 0.2) is 10.8 Å². The summed E-state index contributed by atoms with van der Waals surface area (Å²) in [6.07, 6.45) is -0.268. The number of carbonyl (C=O) groups is 2. The normalized spacial score (nSPS) is 20.9. The van der Waals surface area contributed by atoms with Crippen LogP contribution in [-0.2, 0) is 27.1 Å². The predicted molar refractivity (Wildman–Crippen MR) is 148 cm³/mol. The van der Waals surface area contributed by atoms with E-state index in [0.29, 0.717) is 56.3 Å². The van der Waals surface area contributed by atoms with E-state index < -0.39 is 30.3 Å². The van der Waals surface area contributed by atoms with Crippen molar-refractivity contribution in [2.45, 2.75) is 83.5 Å². The smallest absolute Gasteiger partial charge is 0.381 e. The van der Waals surface area contributed by atoms with E-state index in [0.717, 1.165) is 32.4 Å². The zero-order chi connectivity index (χ0) is 31.6. The van der Waals surface area contributed by atoms with Gasteiger partial charge in [-0.3, -0.25) is 9.59 Å². The molecule has 2 amide bonds. The number of hydrogen-bond donors (Lipinski definition) is 2. The maximum absolute atomic E-state index is 13.6. The summed E-state index contributed by atoms with van der Waals surface area (Å²) in [6, 6.07) is -1.13. The summed E-state index contributed by atoms with van der Waals surface area (Å²) in [5.74, 6) is -0.451. The molecule has 2 saturated heterocycles. The molecular weight excluding hydrogens is 585 g/mol. The summed E-state index contributed by atoms with van der Waals surface area (Å²) in [5.41, 5.74) is -0.736. The van der Waals surface area contributed by atoms with Gasteiger partial charge in [0, 0.05) is 38.0 Å². The van der Waals surface area contributed by atoms with Crippen LogP contribution in [0, 0.1) is 11.8 Å². The molecule has 3 aromatic rings. The third-order valence-electron chi connectivity index (χ3n) is 8.23. The first-order valence-corrected chi connectivity index (χ1v) is 14.8. The molecule has 2 fully saturated rings. The van der Waals surface area contributed by atoms with Gasteiger partial charge < -0.3 is 20.1 Å². The summed E-state index contributed by atoms with van der Waals surface area (Å²) in [7, 11) is 0. The highest BCUT2D eigenvalue weighted by Crippen LogP contribution is 2.34. The van der Waals surface area contributed by atoms with Crippen LogP contribution < -0.4 is 10.6 Å². The average Bonchev–Trinajstić information content (AvgIpc) is 3.63. The standard InChI is InChI=1S/C28H37F3N8O5/c1-5-18-23(38-44-37-18)25(41)33-21(14-43-27(3,4)28(29,30)31)20-13-39-26(34-20)35-22(16-6-8-42-9-7-16)19(36-39)11-17-10-15(2)12-32-24(17)40/h13,15-17,21H,5-12,14H2,1-4H3,(H,32,40)(H,33,41)/t15-,17+,21-/m0/s1. The lowest BCUT2D eigenvalue weighted by molar-refractivity contribution is -0.265. The maximum Gasteiger partial charge on any atom is 0.416 e. The van der Waals surface area contributed by atoms with Crippen molar-refractivity contribution in [3.63, 3.8) is 0 Å². The van der Waals surface area contributed by atoms with Crippen molar-refractivity contribution in [2.24, 2.45) is 11.8 Å². The number of fused-ring (bicyclic) bond motifs is 1. The first-order valence-electron chi connectivity index (χ1n) is 14.8. The molecule has 0 bridgehead atoms. The van der Waals surface area contributed by atoms with Crippen LogP contribution >= 0.6 is 0 Å². The molecule has 13 nitrogen and oxygen atoms in total. The highest BCUT2D eigenvalue weighted by atomic mass is 19.4. The van der Waals surface area contributed by atoms with Crippen LogP contribution in [0.3, 0.4) is 0 Å². The van der Waals surface area contributed by atoms with E-state index in [1.807, 2.05) is 0 Å². The second-order valence-electron chi connectivity index (χ2n) is 12.0. The lowest BCUT2D eigenvalue weighted by Crippen LogP contribution is -2.44. The van der Waals surface area contributed by atoms with Crippen molar-refractivity contribution in [3.8, 4) is 0 Å². The minimum atomic E-state index is -4.66. The molecule has 2 aliphatic rings. The van der Waals surface area contributed by atoms with Crippen LogP contribution in [-0.4, -0.2) is 79.9 Å². The summed E-state index contributed by atoms with van der Waals surface area (Å²) < 4.78 is 57.9. The Labute approximate surface area is 251 Å². The van der Waals surface area contributed by atoms with Crippen molar-refractivity contribution >= 4 is 17.6 Å². The molecule has 0 saturated carbocycles. The van der Waals surface area contributed by atoms with E-state index in [2.05, 4.69) is 32.9 Å². The van der Waals surface area contributed by atoms with Gasteiger partial charge >= 0.3 is 6.18 Å². The van der Waals surface area contributed by atoms with Crippen molar-refractivity contribution < 1.29 is 36.9 Å². The SMILES string of the molecule is CCc1nonc1C(=O)N[C@@H](COC(C)(C)C(F)(F)F)c1cn2nc(C[C@H]3C[C@H](C)CNC3=O)c(C3CCOCC3)nc2n1. The second kappa shape index (κ2) is 12.8. The number of aromatic nitrogens is 6. The number of nitrogens with one attached hydrogen (secondary N) is 2. The van der Waals surface area contributed by atoms with Crippen LogP contribution in [0.25, 0.3) is 5.78 Å². The highest BCUT2D eigenvalue weighted by molar-refractivity contribution is 5.93. The average molecular weight is 623 g/mol. The van der Waals surface area contributed by atoms with Crippen LogP contribution in [0.5, 0.6) is 0 Å². The number of nitrogens with zero attached hydrogens (tertiary/aromatic N) is 6. The molecule has 3 atom stereocenters. The van der Waals surface area contributed by atoms with Crippen molar-refractivity contribution in [1.29, 1.82) is 0 Å². The number of aryl methyl sites for hydroxylation is 1. The van der Waals surface area contributed by atoms with Gasteiger partial charge in [0.15, 0.2) is 11.3 Å². The highest BCUT2D eigenvalue weighted by Gasteiger charge is 2.49. The van der Waals surface area contributed by atoms with E-state index >= 15 is 0 Å². The number of piperidine rings is 1. The summed E-state index contributed by atoms with van der Waals surface area (Å²) in [5, 5.41) is 17.8. The summed E-state index contributed by atoms with van der Waals surface area (Å²) in [6.45, 7) is 6.85. The van der Waals surface area contributed by atoms with E-state index in [9.17, 15) is 22.8 Å². The van der Waals surface area contributed by atoms with Crippen LogP contribution in [0.1, 0.15) is 92.2 Å². The first kappa shape index (κ1) is 31.8. The lowest BCUT2D eigenvalue weighted by Gasteiger charge is -2.29. The fourth-order valence-electron chi connectivity index (χ4n) is 5.41. The molecule has 0 radical (unpaired) electrons. The molecule has 0 spiro atoms. The molecule has 16 heteroatoms. The number of amides is 2. The largest absolute Gasteiger partial charge is 0.416 e. The number of hydrogen-bond acceptors (Lipinski definition) is 10. The topological polar surface area (TPSA) is 159 Å². The summed E-state index contributed by atoms with van der Waals surface area (Å²) >= 11 is 0. The number of rotatable bonds is 10. The Kier molecular flexibility index (Phi) is 9.20. The van der Waals surface area contributed by atoms with Gasteiger partial charge in [0.05, 0.1) is 35.9 Å². The molecule has 2 aliphatic heterocycles. The molecule has 0 aromatic carbocycles. The fraction of sp³-hybridized carbons (Fsp3) is 0.679. The minimum absolute atomic E-state index is 0.0322. The Balaban J connectivity index is 1.50. The Morgan fingerprint density at radius 2 is 1.95 bits per heavy atom. The van der Waals surface area contributed by atoms with Gasteiger partial charge in [-0.15, -0.1) is 0 Å². The van der Waals surface area contributed by atoms with E-state index in [4.69, 9.17) is 24.2 Å². The van der Waals surface area contributed by atoms with Gasteiger partial charge in [0.2, 0.25) is 5.91 Å². The number of imidazole rings is 1. The van der Waals surface area contributed by atoms with Crippen LogP contribution in [0.2, 0.25) is 0 Å². The fourth-order valence-corrected chi connectivity index (χ4v) is 5.41. The minimum Gasteiger partial charge on any atom is -0.381 e. The second-order valence-corrected chi connectivity index (χ2v) is 12.0. The zero-order valence-corrected chi connectivity index (χ0v) is 25.1. The van der Waals surface area contributed by atoms with Gasteiger partial charge in [-0.25, -0.2) is 19.1 Å². The van der Waals surface area contributed by atoms with Gasteiger partial charge in [-0.2, -0.15) is 18.3 Å². The molecule has 2 N–H and O–H groups in total. The molecule has 5 rings (SSSR count). The number of carbonyl (C=O) groups excluding carboxylic acids is 2. The molecular formula is C28H37F3N8O5. The molecule has 5 heterocycles. The number of halogens is 3. The van der Waals surface area contributed by atoms with Gasteiger partial charge in [0.25, 0.3) is 11.7 Å². The Morgan fingerprint density at radius 3 is 2.66 bits per heavy atom. The van der Waals surface area contributed by atoms with E-state index in [1.165, 1.54) is 10.7 Å². The summed E-state index contributed by atoms with van der Waals surface area (Å²) in [4.78, 5) is 35.3. The quantitative estimate of drug-likeness (QED) is 0.344. The van der Waals surface area contributed by atoms with E-state index in [-0.39, 0.29) is 34.9 Å². The van der Waals surface area contributed by atoms with Gasteiger partial charge in [-0.1, -0.05) is 19.0 Å². The molecule has 0 aliphatic carbocycles. The van der Waals surface area contributed by atoms with Crippen molar-refractivity contribution in [2.75, 3.05) is 26.4 Å². The molecule has 0 unspecified atom stereocenters.